The molecule has 0 spiro atoms. The van der Waals surface area contributed by atoms with Crippen LogP contribution in [0.4, 0.5) is 0 Å². The van der Waals surface area contributed by atoms with Gasteiger partial charge in [0.15, 0.2) is 5.40 Å². The molecule has 0 saturated carbocycles. The Morgan fingerprint density at radius 2 is 2.62 bits per heavy atom. The molecule has 0 aromatic rings. The molecule has 0 atom stereocenters. The highest BCUT2D eigenvalue weighted by atomic mass is 32.2. The normalized spacial score (nSPS) is 7.50. The number of nitrogens with zero attached hydrogens (tertiary/aromatic N) is 1. The summed E-state index contributed by atoms with van der Waals surface area (Å²) in [6.07, 6.45) is 0.796. The van der Waals surface area contributed by atoms with Crippen LogP contribution in [-0.4, -0.2) is 4.99 Å². The fourth-order valence-electron chi connectivity index (χ4n) is 0.152. The second kappa shape index (κ2) is 4.88. The molecular formula is C4H6N2S2. The fourth-order valence-corrected chi connectivity index (χ4v) is 0.581. The lowest BCUT2D eigenvalue weighted by Crippen LogP contribution is -2.09. The Labute approximate surface area is 58.4 Å². The number of hydrogen-bond donors (Lipinski definition) is 1. The van der Waals surface area contributed by atoms with Crippen molar-refractivity contribution in [1.29, 1.82) is 5.26 Å². The highest BCUT2D eigenvalue weighted by Crippen LogP contribution is 1.90. The average Bonchev–Trinajstić information content (AvgIpc) is 1.83. The van der Waals surface area contributed by atoms with E-state index in [1.165, 1.54) is 0 Å². The quantitative estimate of drug-likeness (QED) is 0.363. The number of thiocyanates is 1. The molecule has 0 fully saturated rings. The zero-order valence-electron chi connectivity index (χ0n) is 4.47. The van der Waals surface area contributed by atoms with Crippen molar-refractivity contribution in [2.45, 2.75) is 13.3 Å². The number of nitriles is 1. The smallest absolute Gasteiger partial charge is 0.155 e. The van der Waals surface area contributed by atoms with E-state index in [2.05, 4.69) is 4.72 Å². The van der Waals surface area contributed by atoms with E-state index in [1.54, 1.807) is 0 Å². The van der Waals surface area contributed by atoms with Crippen LogP contribution < -0.4 is 4.72 Å². The van der Waals surface area contributed by atoms with Crippen LogP contribution in [0.25, 0.3) is 0 Å². The monoisotopic (exact) mass is 146 g/mol. The van der Waals surface area contributed by atoms with Crippen LogP contribution in [0.1, 0.15) is 13.3 Å². The average molecular weight is 146 g/mol. The first-order valence-electron chi connectivity index (χ1n) is 2.15. The van der Waals surface area contributed by atoms with Gasteiger partial charge in [0, 0.05) is 0 Å². The first-order chi connectivity index (χ1) is 3.81. The van der Waals surface area contributed by atoms with Crippen LogP contribution >= 0.6 is 24.2 Å². The van der Waals surface area contributed by atoms with E-state index in [-0.39, 0.29) is 0 Å². The van der Waals surface area contributed by atoms with Crippen LogP contribution in [-0.2, 0) is 0 Å². The summed E-state index contributed by atoms with van der Waals surface area (Å²) in [5.74, 6) is 0. The molecule has 0 aliphatic heterocycles. The van der Waals surface area contributed by atoms with Crippen molar-refractivity contribution in [3.63, 3.8) is 0 Å². The van der Waals surface area contributed by atoms with Crippen molar-refractivity contribution in [2.75, 3.05) is 0 Å². The van der Waals surface area contributed by atoms with Crippen molar-refractivity contribution in [1.82, 2.24) is 4.72 Å². The van der Waals surface area contributed by atoms with Crippen molar-refractivity contribution in [2.24, 2.45) is 0 Å². The molecule has 8 heavy (non-hydrogen) atoms. The highest BCUT2D eigenvalue weighted by Gasteiger charge is 1.86. The molecule has 0 rings (SSSR count). The third kappa shape index (κ3) is 3.90. The van der Waals surface area contributed by atoms with Crippen molar-refractivity contribution in [3.8, 4) is 5.40 Å². The van der Waals surface area contributed by atoms with Gasteiger partial charge in [-0.15, -0.1) is 0 Å². The van der Waals surface area contributed by atoms with E-state index in [4.69, 9.17) is 17.5 Å². The molecule has 0 bridgehead atoms. The topological polar surface area (TPSA) is 35.8 Å². The minimum atomic E-state index is 0.719. The van der Waals surface area contributed by atoms with Gasteiger partial charge in [0.25, 0.3) is 0 Å². The van der Waals surface area contributed by atoms with Crippen LogP contribution in [0.3, 0.4) is 0 Å². The maximum Gasteiger partial charge on any atom is 0.155 e. The number of nitrogens with one attached hydrogen (secondary N) is 1. The molecular weight excluding hydrogens is 140 g/mol. The summed E-state index contributed by atoms with van der Waals surface area (Å²) in [6.45, 7) is 1.94. The minimum Gasteiger partial charge on any atom is -0.312 e. The summed E-state index contributed by atoms with van der Waals surface area (Å²) >= 11 is 5.69. The molecule has 44 valence electrons. The number of rotatable bonds is 2. The first kappa shape index (κ1) is 7.73. The van der Waals surface area contributed by atoms with Gasteiger partial charge in [-0.3, -0.25) is 0 Å². The molecule has 0 radical (unpaired) electrons. The predicted octanol–water partition coefficient (Wildman–Crippen LogP) is 1.44. The summed E-state index contributed by atoms with van der Waals surface area (Å²) in [4.78, 5) is 0.719. The Balaban J connectivity index is 3.15. The Hall–Kier alpha value is -0.270. The molecule has 1 N–H and O–H groups in total. The van der Waals surface area contributed by atoms with Gasteiger partial charge in [0.05, 0.1) is 16.9 Å². The zero-order valence-corrected chi connectivity index (χ0v) is 6.10. The molecule has 0 amide bonds. The molecule has 4 heteroatoms. The maximum atomic E-state index is 8.00. The fraction of sp³-hybridized carbons (Fsp3) is 0.500. The molecule has 0 aromatic carbocycles. The lowest BCUT2D eigenvalue weighted by Gasteiger charge is -1.94. The molecule has 2 nitrogen and oxygen atoms in total. The highest BCUT2D eigenvalue weighted by molar-refractivity contribution is 8.03. The molecule has 0 heterocycles. The number of hydrogen-bond acceptors (Lipinski definition) is 3. The van der Waals surface area contributed by atoms with E-state index in [0.29, 0.717) is 0 Å². The summed E-state index contributed by atoms with van der Waals surface area (Å²) in [5, 5.41) is 9.85. The van der Waals surface area contributed by atoms with Gasteiger partial charge in [-0.05, 0) is 6.42 Å². The van der Waals surface area contributed by atoms with Gasteiger partial charge >= 0.3 is 0 Å². The predicted molar refractivity (Wildman–Crippen MR) is 39.2 cm³/mol. The van der Waals surface area contributed by atoms with E-state index in [9.17, 15) is 0 Å². The lowest BCUT2D eigenvalue weighted by atomic mass is 10.5. The SMILES string of the molecule is CCC(=S)NSC#N. The second-order valence-corrected chi connectivity index (χ2v) is 2.16. The molecule has 0 unspecified atom stereocenters. The largest absolute Gasteiger partial charge is 0.312 e. The van der Waals surface area contributed by atoms with Crippen LogP contribution in [0, 0.1) is 10.7 Å². The summed E-state index contributed by atoms with van der Waals surface area (Å²) in [6, 6.07) is 0. The summed E-state index contributed by atoms with van der Waals surface area (Å²) in [5.41, 5.74) is 0. The third-order valence-corrected chi connectivity index (χ3v) is 1.49. The van der Waals surface area contributed by atoms with Crippen LogP contribution in [0.5, 0.6) is 0 Å². The number of thiocarbonyl (C=S) groups is 1. The van der Waals surface area contributed by atoms with Gasteiger partial charge in [-0.25, -0.2) is 0 Å². The summed E-state index contributed by atoms with van der Waals surface area (Å²) in [7, 11) is 0. The zero-order chi connectivity index (χ0) is 6.41. The van der Waals surface area contributed by atoms with Gasteiger partial charge < -0.3 is 4.72 Å². The lowest BCUT2D eigenvalue weighted by molar-refractivity contribution is 1.26. The maximum absolute atomic E-state index is 8.00. The Morgan fingerprint density at radius 3 is 3.00 bits per heavy atom. The van der Waals surface area contributed by atoms with E-state index in [0.717, 1.165) is 23.4 Å². The third-order valence-electron chi connectivity index (χ3n) is 0.532. The van der Waals surface area contributed by atoms with Crippen LogP contribution in [0.15, 0.2) is 0 Å². The van der Waals surface area contributed by atoms with E-state index in [1.807, 2.05) is 12.3 Å². The van der Waals surface area contributed by atoms with Gasteiger partial charge in [0.1, 0.15) is 0 Å². The van der Waals surface area contributed by atoms with E-state index < -0.39 is 0 Å². The van der Waals surface area contributed by atoms with Gasteiger partial charge in [0.2, 0.25) is 0 Å². The molecule has 0 saturated heterocycles. The Bertz CT molecular complexity index is 116. The van der Waals surface area contributed by atoms with E-state index >= 15 is 0 Å². The molecule has 0 aliphatic rings. The first-order valence-corrected chi connectivity index (χ1v) is 3.37. The summed E-state index contributed by atoms with van der Waals surface area (Å²) < 4.78 is 2.67. The Kier molecular flexibility index (Phi) is 4.71. The standard InChI is InChI=1S/C4H6N2S2/c1-2-4(7)6-8-3-5/h2H2,1H3,(H,6,7). The Morgan fingerprint density at radius 1 is 2.00 bits per heavy atom. The minimum absolute atomic E-state index is 0.719. The van der Waals surface area contributed by atoms with Crippen LogP contribution in [0.2, 0.25) is 0 Å². The second-order valence-electron chi connectivity index (χ2n) is 1.07. The van der Waals surface area contributed by atoms with Crippen molar-refractivity contribution in [3.05, 3.63) is 0 Å². The molecule has 0 aromatic heterocycles. The van der Waals surface area contributed by atoms with Crippen molar-refractivity contribution < 1.29 is 0 Å². The van der Waals surface area contributed by atoms with Crippen molar-refractivity contribution >= 4 is 29.2 Å². The van der Waals surface area contributed by atoms with Gasteiger partial charge in [-0.2, -0.15) is 5.26 Å². The van der Waals surface area contributed by atoms with Gasteiger partial charge in [-0.1, -0.05) is 19.1 Å². The molecule has 0 aliphatic carbocycles.